The van der Waals surface area contributed by atoms with Gasteiger partial charge in [-0.3, -0.25) is 0 Å². The zero-order valence-electron chi connectivity index (χ0n) is 24.7. The summed E-state index contributed by atoms with van der Waals surface area (Å²) < 4.78 is 18.5. The standard InChI is InChI=1S/C36H34N4O3/c1-23-15-16-37-36(29-11-14-33(35(41-3)34(23)29)43-22-25-7-5-4-6-8-25)40-17-18-42-32-13-10-26(19-28(32)21-40)27-9-12-30-31(20-27)39-24(2)38-30/h4-14,16,19-20H,15,17-18,21-22H2,1-3H3,(H,38,39). The summed E-state index contributed by atoms with van der Waals surface area (Å²) in [6, 6.07) is 27.1. The van der Waals surface area contributed by atoms with Gasteiger partial charge in [-0.15, -0.1) is 0 Å². The molecule has 216 valence electrons. The topological polar surface area (TPSA) is 72.0 Å². The second-order valence-corrected chi connectivity index (χ2v) is 11.1. The van der Waals surface area contributed by atoms with E-state index in [1.54, 1.807) is 7.11 Å². The lowest BCUT2D eigenvalue weighted by Gasteiger charge is -2.23. The summed E-state index contributed by atoms with van der Waals surface area (Å²) in [4.78, 5) is 15.2. The van der Waals surface area contributed by atoms with Crippen LogP contribution in [0.15, 0.2) is 83.9 Å². The monoisotopic (exact) mass is 570 g/mol. The van der Waals surface area contributed by atoms with Gasteiger partial charge in [0.1, 0.15) is 30.6 Å². The molecular formula is C36H34N4O3. The molecule has 7 heteroatoms. The van der Waals surface area contributed by atoms with E-state index in [0.717, 1.165) is 79.0 Å². The Morgan fingerprint density at radius 1 is 0.953 bits per heavy atom. The Balaban J connectivity index is 1.27. The third-order valence-electron chi connectivity index (χ3n) is 8.12. The van der Waals surface area contributed by atoms with Gasteiger partial charge >= 0.3 is 0 Å². The average molecular weight is 571 g/mol. The number of benzene rings is 4. The molecule has 0 unspecified atom stereocenters. The number of fused-ring (bicyclic) bond motifs is 3. The fraction of sp³-hybridized carbons (Fsp3) is 0.222. The number of aryl methyl sites for hydroxylation is 1. The van der Waals surface area contributed by atoms with Crippen molar-refractivity contribution >= 4 is 28.6 Å². The Hall–Kier alpha value is -5.04. The number of aromatic nitrogens is 2. The lowest BCUT2D eigenvalue weighted by Crippen LogP contribution is -2.36. The second kappa shape index (κ2) is 11.3. The van der Waals surface area contributed by atoms with E-state index in [2.05, 4.69) is 76.4 Å². The third kappa shape index (κ3) is 5.23. The van der Waals surface area contributed by atoms with Gasteiger partial charge in [-0.05, 0) is 66.9 Å². The van der Waals surface area contributed by atoms with Crippen LogP contribution < -0.4 is 24.6 Å². The molecule has 0 saturated carbocycles. The highest BCUT2D eigenvalue weighted by Gasteiger charge is 2.21. The van der Waals surface area contributed by atoms with Crippen molar-refractivity contribution in [3.05, 3.63) is 106 Å². The van der Waals surface area contributed by atoms with Gasteiger partial charge in [0.15, 0.2) is 11.5 Å². The van der Waals surface area contributed by atoms with Crippen LogP contribution in [0.5, 0.6) is 17.2 Å². The average Bonchev–Trinajstić information content (AvgIpc) is 3.17. The van der Waals surface area contributed by atoms with Crippen molar-refractivity contribution in [3.8, 4) is 28.4 Å². The van der Waals surface area contributed by atoms with Crippen LogP contribution >= 0.6 is 0 Å². The number of methoxy groups -OCH3 is 1. The van der Waals surface area contributed by atoms with E-state index in [0.29, 0.717) is 26.3 Å². The number of hydrogen-bond acceptors (Lipinski definition) is 6. The predicted octanol–water partition coefficient (Wildman–Crippen LogP) is 5.73. The van der Waals surface area contributed by atoms with E-state index >= 15 is 0 Å². The van der Waals surface area contributed by atoms with Gasteiger partial charge in [0, 0.05) is 35.2 Å². The molecule has 0 saturated heterocycles. The number of aliphatic imine (C=N–C) groups is 1. The molecule has 43 heavy (non-hydrogen) atoms. The van der Waals surface area contributed by atoms with E-state index in [9.17, 15) is 0 Å². The predicted molar refractivity (Wildman–Crippen MR) is 171 cm³/mol. The number of hydrogen-bond donors (Lipinski definition) is 1. The first kappa shape index (κ1) is 26.8. The molecule has 5 aromatic rings. The van der Waals surface area contributed by atoms with Crippen LogP contribution in [0.25, 0.3) is 33.6 Å². The molecular weight excluding hydrogens is 536 g/mol. The summed E-state index contributed by atoms with van der Waals surface area (Å²) in [6.07, 6.45) is 2.73. The number of rotatable bonds is 6. The molecule has 7 nitrogen and oxygen atoms in total. The molecule has 7 rings (SSSR count). The van der Waals surface area contributed by atoms with Crippen LogP contribution in [0, 0.1) is 6.92 Å². The first-order valence-electron chi connectivity index (χ1n) is 14.6. The minimum Gasteiger partial charge on any atom is -0.492 e. The largest absolute Gasteiger partial charge is 0.492 e. The van der Waals surface area contributed by atoms with Gasteiger partial charge in [0.2, 0.25) is 0 Å². The Bertz CT molecular complexity index is 1980. The molecule has 0 fully saturated rings. The van der Waals surface area contributed by atoms with Gasteiger partial charge in [-0.25, -0.2) is 9.98 Å². The molecule has 1 N–H and O–H groups in total. The third-order valence-corrected chi connectivity index (χ3v) is 8.12. The molecule has 2 aliphatic rings. The van der Waals surface area contributed by atoms with Crippen molar-refractivity contribution in [1.82, 2.24) is 14.9 Å². The highest BCUT2D eigenvalue weighted by molar-refractivity contribution is 5.82. The molecule has 0 spiro atoms. The molecule has 0 radical (unpaired) electrons. The van der Waals surface area contributed by atoms with E-state index in [4.69, 9.17) is 19.2 Å². The zero-order chi connectivity index (χ0) is 29.3. The lowest BCUT2D eigenvalue weighted by molar-refractivity contribution is 0.279. The zero-order valence-corrected chi connectivity index (χ0v) is 24.7. The van der Waals surface area contributed by atoms with E-state index < -0.39 is 0 Å². The van der Waals surface area contributed by atoms with E-state index in [-0.39, 0.29) is 0 Å². The Morgan fingerprint density at radius 3 is 2.65 bits per heavy atom. The Morgan fingerprint density at radius 2 is 1.79 bits per heavy atom. The van der Waals surface area contributed by atoms with Crippen molar-refractivity contribution < 1.29 is 14.2 Å². The van der Waals surface area contributed by atoms with Gasteiger partial charge in [0.05, 0.1) is 24.7 Å². The summed E-state index contributed by atoms with van der Waals surface area (Å²) in [6.45, 7) is 6.54. The molecule has 1 aromatic heterocycles. The molecule has 0 aliphatic carbocycles. The second-order valence-electron chi connectivity index (χ2n) is 11.1. The van der Waals surface area contributed by atoms with Crippen molar-refractivity contribution in [2.45, 2.75) is 33.4 Å². The minimum absolute atomic E-state index is 0.470. The number of nitrogens with zero attached hydrogens (tertiary/aromatic N) is 3. The molecule has 3 heterocycles. The normalized spacial score (nSPS) is 14.5. The van der Waals surface area contributed by atoms with Crippen molar-refractivity contribution in [1.29, 1.82) is 0 Å². The maximum absolute atomic E-state index is 6.27. The maximum Gasteiger partial charge on any atom is 0.168 e. The molecule has 0 bridgehead atoms. The van der Waals surface area contributed by atoms with Gasteiger partial charge < -0.3 is 24.1 Å². The van der Waals surface area contributed by atoms with E-state index in [1.807, 2.05) is 37.4 Å². The van der Waals surface area contributed by atoms with Crippen LogP contribution in [0.1, 0.15) is 30.3 Å². The van der Waals surface area contributed by atoms with Crippen LogP contribution in [-0.4, -0.2) is 41.3 Å². The number of aromatic amines is 1. The summed E-state index contributed by atoms with van der Waals surface area (Å²) in [5.41, 5.74) is 7.71. The fourth-order valence-electron chi connectivity index (χ4n) is 5.99. The highest BCUT2D eigenvalue weighted by atomic mass is 16.5. The van der Waals surface area contributed by atoms with Crippen molar-refractivity contribution in [3.63, 3.8) is 0 Å². The Kier molecular flexibility index (Phi) is 7.07. The van der Waals surface area contributed by atoms with Crippen LogP contribution in [-0.2, 0) is 13.2 Å². The molecule has 0 amide bonds. The smallest absolute Gasteiger partial charge is 0.168 e. The van der Waals surface area contributed by atoms with E-state index in [1.165, 1.54) is 5.57 Å². The first-order chi connectivity index (χ1) is 21.1. The van der Waals surface area contributed by atoms with Crippen LogP contribution in [0.4, 0.5) is 0 Å². The van der Waals surface area contributed by atoms with Crippen LogP contribution in [0.2, 0.25) is 0 Å². The summed E-state index contributed by atoms with van der Waals surface area (Å²) >= 11 is 0. The number of imidazole rings is 1. The van der Waals surface area contributed by atoms with Gasteiger partial charge in [-0.2, -0.15) is 0 Å². The Labute approximate surface area is 250 Å². The molecule has 2 aliphatic heterocycles. The lowest BCUT2D eigenvalue weighted by atomic mass is 10.0. The first-order valence-corrected chi connectivity index (χ1v) is 14.6. The van der Waals surface area contributed by atoms with Crippen LogP contribution in [0.3, 0.4) is 0 Å². The summed E-state index contributed by atoms with van der Waals surface area (Å²) in [7, 11) is 1.71. The number of nitrogens with one attached hydrogen (secondary N) is 1. The van der Waals surface area contributed by atoms with Crippen molar-refractivity contribution in [2.75, 3.05) is 20.3 Å². The van der Waals surface area contributed by atoms with Gasteiger partial charge in [0.25, 0.3) is 0 Å². The number of ether oxygens (including phenoxy) is 3. The highest BCUT2D eigenvalue weighted by Crippen LogP contribution is 2.32. The maximum atomic E-state index is 6.27. The SMILES string of the molecule is COc1c(OCc2ccccc2)ccc2c1=C(C)CC=NC=2N1CCOc2ccc(-c3ccc4nc(C)[nH]c4c3)cc2C1. The summed E-state index contributed by atoms with van der Waals surface area (Å²) in [5, 5.41) is 2.08. The van der Waals surface area contributed by atoms with Crippen molar-refractivity contribution in [2.24, 2.45) is 4.99 Å². The number of H-pyrrole nitrogens is 1. The fourth-order valence-corrected chi connectivity index (χ4v) is 5.99. The van der Waals surface area contributed by atoms with Gasteiger partial charge in [-0.1, -0.05) is 48.0 Å². The quantitative estimate of drug-likeness (QED) is 0.282. The minimum atomic E-state index is 0.470. The molecule has 0 atom stereocenters. The summed E-state index contributed by atoms with van der Waals surface area (Å²) in [5.74, 6) is 4.21. The molecule has 4 aromatic carbocycles.